The molecule has 0 amide bonds. The van der Waals surface area contributed by atoms with Gasteiger partial charge in [0.15, 0.2) is 0 Å². The van der Waals surface area contributed by atoms with Gasteiger partial charge in [-0.15, -0.1) is 0 Å². The molecule has 2 aromatic rings. The minimum atomic E-state index is 0.109. The summed E-state index contributed by atoms with van der Waals surface area (Å²) in [5.41, 5.74) is 1.03. The molecule has 0 fully saturated rings. The highest BCUT2D eigenvalue weighted by Gasteiger charge is 2.05. The maximum Gasteiger partial charge on any atom is 0.322 e. The van der Waals surface area contributed by atoms with Crippen molar-refractivity contribution in [2.45, 2.75) is 13.3 Å². The highest BCUT2D eigenvalue weighted by Crippen LogP contribution is 2.11. The highest BCUT2D eigenvalue weighted by atomic mass is 35.5. The van der Waals surface area contributed by atoms with Gasteiger partial charge in [0.25, 0.3) is 0 Å². The normalized spacial score (nSPS) is 10.3. The van der Waals surface area contributed by atoms with Crippen LogP contribution >= 0.6 is 11.6 Å². The van der Waals surface area contributed by atoms with E-state index in [0.717, 1.165) is 12.1 Å². The van der Waals surface area contributed by atoms with Crippen molar-refractivity contribution in [2.24, 2.45) is 0 Å². The van der Waals surface area contributed by atoms with Gasteiger partial charge in [-0.3, -0.25) is 0 Å². The van der Waals surface area contributed by atoms with Crippen LogP contribution in [0.1, 0.15) is 12.6 Å². The van der Waals surface area contributed by atoms with Crippen LogP contribution < -0.4 is 10.1 Å². The summed E-state index contributed by atoms with van der Waals surface area (Å²) in [6.07, 6.45) is 4.20. The molecule has 96 valence electrons. The minimum absolute atomic E-state index is 0.109. The van der Waals surface area contributed by atoms with E-state index < -0.39 is 0 Å². The minimum Gasteiger partial charge on any atom is -0.464 e. The Morgan fingerprint density at radius 1 is 1.39 bits per heavy atom. The smallest absolute Gasteiger partial charge is 0.322 e. The Labute approximate surface area is 109 Å². The third-order valence-electron chi connectivity index (χ3n) is 2.09. The van der Waals surface area contributed by atoms with Crippen molar-refractivity contribution >= 4 is 17.5 Å². The molecule has 0 spiro atoms. The van der Waals surface area contributed by atoms with E-state index in [0.29, 0.717) is 19.1 Å². The second-order valence-corrected chi connectivity index (χ2v) is 3.74. The number of aromatic nitrogens is 5. The molecule has 7 nitrogen and oxygen atoms in total. The van der Waals surface area contributed by atoms with Gasteiger partial charge in [-0.2, -0.15) is 15.0 Å². The first kappa shape index (κ1) is 12.6. The quantitative estimate of drug-likeness (QED) is 0.821. The number of hydrogen-bond acceptors (Lipinski definition) is 6. The second-order valence-electron chi connectivity index (χ2n) is 3.40. The lowest BCUT2D eigenvalue weighted by atomic mass is 10.3. The van der Waals surface area contributed by atoms with Crippen LogP contribution in [-0.2, 0) is 6.42 Å². The molecular weight excluding hydrogens is 256 g/mol. The summed E-state index contributed by atoms with van der Waals surface area (Å²) in [7, 11) is 0. The van der Waals surface area contributed by atoms with Gasteiger partial charge in [0.05, 0.1) is 12.9 Å². The third-order valence-corrected chi connectivity index (χ3v) is 2.26. The van der Waals surface area contributed by atoms with Gasteiger partial charge >= 0.3 is 6.01 Å². The first-order valence-electron chi connectivity index (χ1n) is 5.53. The summed E-state index contributed by atoms with van der Waals surface area (Å²) in [6.45, 7) is 2.99. The highest BCUT2D eigenvalue weighted by molar-refractivity contribution is 6.28. The Bertz CT molecular complexity index is 489. The van der Waals surface area contributed by atoms with E-state index in [-0.39, 0.29) is 11.3 Å². The fraction of sp³-hybridized carbons (Fsp3) is 0.400. The number of imidazole rings is 1. The van der Waals surface area contributed by atoms with E-state index in [4.69, 9.17) is 16.3 Å². The maximum atomic E-state index is 5.77. The van der Waals surface area contributed by atoms with Crippen LogP contribution in [-0.4, -0.2) is 38.1 Å². The Morgan fingerprint density at radius 2 is 2.28 bits per heavy atom. The number of aromatic amines is 1. The van der Waals surface area contributed by atoms with Crippen LogP contribution in [0.15, 0.2) is 12.5 Å². The number of anilines is 1. The van der Waals surface area contributed by atoms with E-state index in [1.54, 1.807) is 12.5 Å². The number of rotatable bonds is 6. The number of nitrogens with one attached hydrogen (secondary N) is 2. The van der Waals surface area contributed by atoms with Crippen LogP contribution in [0.3, 0.4) is 0 Å². The van der Waals surface area contributed by atoms with Gasteiger partial charge in [0.2, 0.25) is 11.2 Å². The SMILES string of the molecule is CCOc1nc(Cl)nc(NCCc2cnc[nH]2)n1. The fourth-order valence-corrected chi connectivity index (χ4v) is 1.49. The third kappa shape index (κ3) is 3.56. The van der Waals surface area contributed by atoms with Crippen molar-refractivity contribution in [2.75, 3.05) is 18.5 Å². The summed E-state index contributed by atoms with van der Waals surface area (Å²) >= 11 is 5.77. The molecule has 0 aliphatic rings. The van der Waals surface area contributed by atoms with Crippen LogP contribution in [0.4, 0.5) is 5.95 Å². The molecule has 0 unspecified atom stereocenters. The summed E-state index contributed by atoms with van der Waals surface area (Å²) in [5.74, 6) is 0.401. The standard InChI is InChI=1S/C10H13ClN6O/c1-2-18-10-16-8(11)15-9(17-10)13-4-3-7-5-12-6-14-7/h5-6H,2-4H2,1H3,(H,12,14)(H,13,15,16,17). The average molecular weight is 269 g/mol. The van der Waals surface area contributed by atoms with E-state index in [2.05, 4.69) is 30.2 Å². The molecule has 0 aromatic carbocycles. The number of hydrogen-bond donors (Lipinski definition) is 2. The van der Waals surface area contributed by atoms with Gasteiger partial charge in [-0.25, -0.2) is 4.98 Å². The van der Waals surface area contributed by atoms with Crippen LogP contribution in [0.25, 0.3) is 0 Å². The van der Waals surface area contributed by atoms with Gasteiger partial charge in [-0.1, -0.05) is 0 Å². The molecular formula is C10H13ClN6O. The fourth-order valence-electron chi connectivity index (χ4n) is 1.33. The summed E-state index contributed by atoms with van der Waals surface area (Å²) in [5, 5.41) is 3.16. The lowest BCUT2D eigenvalue weighted by Gasteiger charge is -2.06. The van der Waals surface area contributed by atoms with Crippen molar-refractivity contribution < 1.29 is 4.74 Å². The maximum absolute atomic E-state index is 5.77. The molecule has 18 heavy (non-hydrogen) atoms. The van der Waals surface area contributed by atoms with E-state index in [1.165, 1.54) is 0 Å². The number of nitrogens with zero attached hydrogens (tertiary/aromatic N) is 4. The number of ether oxygens (including phenoxy) is 1. The average Bonchev–Trinajstić information content (AvgIpc) is 2.82. The molecule has 2 aromatic heterocycles. The molecule has 8 heteroatoms. The Balaban J connectivity index is 1.92. The molecule has 0 bridgehead atoms. The Kier molecular flexibility index (Phi) is 4.30. The molecule has 2 heterocycles. The van der Waals surface area contributed by atoms with E-state index >= 15 is 0 Å². The van der Waals surface area contributed by atoms with Crippen molar-refractivity contribution in [3.05, 3.63) is 23.5 Å². The van der Waals surface area contributed by atoms with E-state index in [1.807, 2.05) is 6.92 Å². The van der Waals surface area contributed by atoms with Crippen molar-refractivity contribution in [1.82, 2.24) is 24.9 Å². The zero-order valence-electron chi connectivity index (χ0n) is 9.85. The summed E-state index contributed by atoms with van der Waals surface area (Å²) in [4.78, 5) is 18.8. The largest absolute Gasteiger partial charge is 0.464 e. The van der Waals surface area contributed by atoms with Crippen LogP contribution in [0, 0.1) is 0 Å². The lowest BCUT2D eigenvalue weighted by molar-refractivity contribution is 0.312. The van der Waals surface area contributed by atoms with Crippen LogP contribution in [0.2, 0.25) is 5.28 Å². The van der Waals surface area contributed by atoms with Gasteiger partial charge in [-0.05, 0) is 18.5 Å². The molecule has 0 radical (unpaired) electrons. The molecule has 0 saturated carbocycles. The molecule has 0 saturated heterocycles. The molecule has 2 N–H and O–H groups in total. The van der Waals surface area contributed by atoms with Gasteiger partial charge in [0.1, 0.15) is 0 Å². The van der Waals surface area contributed by atoms with Crippen molar-refractivity contribution in [1.29, 1.82) is 0 Å². The zero-order valence-corrected chi connectivity index (χ0v) is 10.6. The first-order valence-corrected chi connectivity index (χ1v) is 5.91. The van der Waals surface area contributed by atoms with Crippen molar-refractivity contribution in [3.63, 3.8) is 0 Å². The first-order chi connectivity index (χ1) is 8.78. The molecule has 0 aliphatic carbocycles. The number of halogens is 1. The van der Waals surface area contributed by atoms with Gasteiger partial charge in [0, 0.05) is 24.9 Å². The number of H-pyrrole nitrogens is 1. The Morgan fingerprint density at radius 3 is 3.00 bits per heavy atom. The topological polar surface area (TPSA) is 88.6 Å². The monoisotopic (exact) mass is 268 g/mol. The predicted molar refractivity (Wildman–Crippen MR) is 66.8 cm³/mol. The summed E-state index contributed by atoms with van der Waals surface area (Å²) in [6, 6.07) is 0.224. The summed E-state index contributed by atoms with van der Waals surface area (Å²) < 4.78 is 5.18. The predicted octanol–water partition coefficient (Wildman–Crippen LogP) is 1.30. The van der Waals surface area contributed by atoms with Crippen molar-refractivity contribution in [3.8, 4) is 6.01 Å². The lowest BCUT2D eigenvalue weighted by Crippen LogP contribution is -2.10. The zero-order chi connectivity index (χ0) is 12.8. The second kappa shape index (κ2) is 6.15. The van der Waals surface area contributed by atoms with E-state index in [9.17, 15) is 0 Å². The van der Waals surface area contributed by atoms with Gasteiger partial charge < -0.3 is 15.0 Å². The Hall–Kier alpha value is -1.89. The molecule has 2 rings (SSSR count). The molecule has 0 aliphatic heterocycles. The van der Waals surface area contributed by atoms with Crippen LogP contribution in [0.5, 0.6) is 6.01 Å². The molecule has 0 atom stereocenters.